The van der Waals surface area contributed by atoms with Gasteiger partial charge in [-0.3, -0.25) is 9.36 Å². The second kappa shape index (κ2) is 8.16. The number of para-hydroxylation sites is 1. The highest BCUT2D eigenvalue weighted by molar-refractivity contribution is 5.72. The number of hydrogen-bond acceptors (Lipinski definition) is 4. The summed E-state index contributed by atoms with van der Waals surface area (Å²) in [5.74, 6) is -1.91. The molecule has 0 radical (unpaired) electrons. The van der Waals surface area contributed by atoms with Gasteiger partial charge in [0.2, 0.25) is 0 Å². The number of imidazole rings is 1. The zero-order chi connectivity index (χ0) is 22.2. The third-order valence-electron chi connectivity index (χ3n) is 5.66. The molecule has 5 rings (SSSR count). The van der Waals surface area contributed by atoms with Gasteiger partial charge >= 0.3 is 5.69 Å². The summed E-state index contributed by atoms with van der Waals surface area (Å²) < 4.78 is 36.8. The van der Waals surface area contributed by atoms with E-state index in [-0.39, 0.29) is 30.4 Å². The fraction of sp³-hybridized carbons (Fsp3) is 0.261. The molecule has 7 nitrogen and oxygen atoms in total. The van der Waals surface area contributed by atoms with Crippen LogP contribution in [0.15, 0.2) is 64.4 Å². The first-order valence-electron chi connectivity index (χ1n) is 10.3. The first-order chi connectivity index (χ1) is 15.5. The summed E-state index contributed by atoms with van der Waals surface area (Å²) in [4.78, 5) is 31.1. The third-order valence-corrected chi connectivity index (χ3v) is 5.66. The molecule has 32 heavy (non-hydrogen) atoms. The van der Waals surface area contributed by atoms with Crippen LogP contribution >= 0.6 is 0 Å². The molecule has 0 aliphatic carbocycles. The topological polar surface area (TPSA) is 71.0 Å². The van der Waals surface area contributed by atoms with Gasteiger partial charge in [0, 0.05) is 13.2 Å². The Morgan fingerprint density at radius 1 is 1.06 bits per heavy atom. The summed E-state index contributed by atoms with van der Waals surface area (Å²) in [7, 11) is 0. The van der Waals surface area contributed by atoms with E-state index >= 15 is 0 Å². The van der Waals surface area contributed by atoms with E-state index in [0.29, 0.717) is 17.9 Å². The van der Waals surface area contributed by atoms with Gasteiger partial charge in [-0.05, 0) is 42.7 Å². The van der Waals surface area contributed by atoms with Crippen LogP contribution in [0.1, 0.15) is 18.4 Å². The van der Waals surface area contributed by atoms with Crippen LogP contribution in [0.2, 0.25) is 0 Å². The van der Waals surface area contributed by atoms with Crippen molar-refractivity contribution in [2.75, 3.05) is 6.61 Å². The van der Waals surface area contributed by atoms with Gasteiger partial charge in [-0.1, -0.05) is 24.3 Å². The van der Waals surface area contributed by atoms with Crippen molar-refractivity contribution < 1.29 is 13.5 Å². The predicted molar refractivity (Wildman–Crippen MR) is 114 cm³/mol. The Labute approximate surface area is 181 Å². The monoisotopic (exact) mass is 438 g/mol. The number of hydrogen-bond donors (Lipinski definition) is 0. The number of halogens is 2. The standard InChI is InChI=1S/C23H20F2N4O3/c24-18-9-8-15(11-19(18)25)12-27-14-26-21-20(27)22(30)28(13-17-7-4-10-32-17)23(31)29(21)16-5-2-1-3-6-16/h1-3,5-6,8-9,11,14,17H,4,7,10,12-13H2. The van der Waals surface area contributed by atoms with E-state index in [1.165, 1.54) is 21.5 Å². The van der Waals surface area contributed by atoms with E-state index in [0.717, 1.165) is 25.0 Å². The molecule has 2 aromatic heterocycles. The van der Waals surface area contributed by atoms with Crippen molar-refractivity contribution in [2.45, 2.75) is 32.0 Å². The fourth-order valence-corrected chi connectivity index (χ4v) is 4.10. The van der Waals surface area contributed by atoms with E-state index < -0.39 is 22.9 Å². The van der Waals surface area contributed by atoms with Crippen LogP contribution in [0.25, 0.3) is 16.9 Å². The molecule has 0 spiro atoms. The molecule has 1 saturated heterocycles. The highest BCUT2D eigenvalue weighted by Crippen LogP contribution is 2.17. The third kappa shape index (κ3) is 3.54. The molecule has 0 saturated carbocycles. The van der Waals surface area contributed by atoms with E-state index in [9.17, 15) is 18.4 Å². The Balaban J connectivity index is 1.71. The molecular weight excluding hydrogens is 418 g/mol. The van der Waals surface area contributed by atoms with Crippen molar-refractivity contribution in [3.63, 3.8) is 0 Å². The van der Waals surface area contributed by atoms with E-state index in [1.807, 2.05) is 6.07 Å². The van der Waals surface area contributed by atoms with Gasteiger partial charge in [-0.15, -0.1) is 0 Å². The van der Waals surface area contributed by atoms with E-state index in [4.69, 9.17) is 4.74 Å². The van der Waals surface area contributed by atoms with Crippen molar-refractivity contribution in [2.24, 2.45) is 0 Å². The predicted octanol–water partition coefficient (Wildman–Crippen LogP) is 2.85. The maximum atomic E-state index is 13.7. The lowest BCUT2D eigenvalue weighted by atomic mass is 10.2. The van der Waals surface area contributed by atoms with Crippen LogP contribution in [-0.2, 0) is 17.8 Å². The molecular formula is C23H20F2N4O3. The number of aromatic nitrogens is 4. The largest absolute Gasteiger partial charge is 0.376 e. The molecule has 2 aromatic carbocycles. The van der Waals surface area contributed by atoms with Crippen molar-refractivity contribution in [3.05, 3.63) is 92.9 Å². The van der Waals surface area contributed by atoms with Crippen LogP contribution in [0, 0.1) is 11.6 Å². The first kappa shape index (κ1) is 20.3. The summed E-state index contributed by atoms with van der Waals surface area (Å²) in [5, 5.41) is 0. The number of fused-ring (bicyclic) bond motifs is 1. The van der Waals surface area contributed by atoms with Gasteiger partial charge in [0.05, 0.1) is 24.7 Å². The summed E-state index contributed by atoms with van der Waals surface area (Å²) >= 11 is 0. The summed E-state index contributed by atoms with van der Waals surface area (Å²) in [6, 6.07) is 12.5. The van der Waals surface area contributed by atoms with Gasteiger partial charge < -0.3 is 9.30 Å². The molecule has 1 aliphatic heterocycles. The summed E-state index contributed by atoms with van der Waals surface area (Å²) in [5.41, 5.74) is 0.455. The van der Waals surface area contributed by atoms with Crippen LogP contribution in [0.3, 0.4) is 0 Å². The summed E-state index contributed by atoms with van der Waals surface area (Å²) in [6.45, 7) is 0.829. The molecule has 4 aromatic rings. The molecule has 164 valence electrons. The smallest absolute Gasteiger partial charge is 0.337 e. The van der Waals surface area contributed by atoms with Crippen molar-refractivity contribution in [1.82, 2.24) is 18.7 Å². The van der Waals surface area contributed by atoms with Gasteiger partial charge in [-0.25, -0.2) is 23.1 Å². The molecule has 1 atom stereocenters. The number of benzene rings is 2. The lowest BCUT2D eigenvalue weighted by Gasteiger charge is -2.15. The van der Waals surface area contributed by atoms with Gasteiger partial charge in [-0.2, -0.15) is 0 Å². The highest BCUT2D eigenvalue weighted by Gasteiger charge is 2.23. The number of nitrogens with zero attached hydrogens (tertiary/aromatic N) is 4. The zero-order valence-corrected chi connectivity index (χ0v) is 17.1. The quantitative estimate of drug-likeness (QED) is 0.481. The lowest BCUT2D eigenvalue weighted by Crippen LogP contribution is -2.42. The Hall–Kier alpha value is -3.59. The van der Waals surface area contributed by atoms with Crippen LogP contribution in [-0.4, -0.2) is 31.4 Å². The zero-order valence-electron chi connectivity index (χ0n) is 17.1. The minimum atomic E-state index is -0.969. The van der Waals surface area contributed by atoms with E-state index in [2.05, 4.69) is 4.98 Å². The van der Waals surface area contributed by atoms with Crippen molar-refractivity contribution >= 4 is 11.2 Å². The SMILES string of the molecule is O=c1c2c(ncn2Cc2ccc(F)c(F)c2)n(-c2ccccc2)c(=O)n1CC1CCCO1. The molecule has 9 heteroatoms. The minimum absolute atomic E-state index is 0.0931. The Morgan fingerprint density at radius 2 is 1.88 bits per heavy atom. The van der Waals surface area contributed by atoms with Gasteiger partial charge in [0.25, 0.3) is 5.56 Å². The number of ether oxygens (including phenoxy) is 1. The molecule has 1 fully saturated rings. The molecule has 3 heterocycles. The second-order valence-electron chi connectivity index (χ2n) is 7.80. The summed E-state index contributed by atoms with van der Waals surface area (Å²) in [6.07, 6.45) is 2.86. The Kier molecular flexibility index (Phi) is 5.18. The Bertz CT molecular complexity index is 1400. The molecule has 1 aliphatic rings. The molecule has 0 amide bonds. The van der Waals surface area contributed by atoms with Gasteiger partial charge in [0.1, 0.15) is 0 Å². The molecule has 0 bridgehead atoms. The fourth-order valence-electron chi connectivity index (χ4n) is 4.10. The minimum Gasteiger partial charge on any atom is -0.376 e. The van der Waals surface area contributed by atoms with Gasteiger partial charge in [0.15, 0.2) is 22.8 Å². The average molecular weight is 438 g/mol. The van der Waals surface area contributed by atoms with E-state index in [1.54, 1.807) is 28.8 Å². The maximum absolute atomic E-state index is 13.7. The Morgan fingerprint density at radius 3 is 2.59 bits per heavy atom. The lowest BCUT2D eigenvalue weighted by molar-refractivity contribution is 0.0950. The number of rotatable bonds is 5. The highest BCUT2D eigenvalue weighted by atomic mass is 19.2. The average Bonchev–Trinajstić information content (AvgIpc) is 3.45. The maximum Gasteiger partial charge on any atom is 0.337 e. The normalized spacial score (nSPS) is 16.1. The molecule has 0 N–H and O–H groups in total. The molecule has 1 unspecified atom stereocenters. The first-order valence-corrected chi connectivity index (χ1v) is 10.3. The van der Waals surface area contributed by atoms with Crippen molar-refractivity contribution in [1.29, 1.82) is 0 Å². The van der Waals surface area contributed by atoms with Crippen LogP contribution in [0.5, 0.6) is 0 Å². The van der Waals surface area contributed by atoms with Crippen molar-refractivity contribution in [3.8, 4) is 5.69 Å². The van der Waals surface area contributed by atoms with Crippen LogP contribution < -0.4 is 11.2 Å². The van der Waals surface area contributed by atoms with Crippen LogP contribution in [0.4, 0.5) is 8.78 Å². The second-order valence-corrected chi connectivity index (χ2v) is 7.80.